The third kappa shape index (κ3) is 8.20. The van der Waals surface area contributed by atoms with Crippen molar-refractivity contribution in [2.24, 2.45) is 0 Å². The Labute approximate surface area is 122 Å². The molecule has 1 aromatic carbocycles. The molecule has 0 amide bonds. The molecule has 108 valence electrons. The molecule has 0 aliphatic carbocycles. The van der Waals surface area contributed by atoms with E-state index >= 15 is 0 Å². The smallest absolute Gasteiger partial charge is 0.148 e. The molecular weight excluding hydrogens is 334 g/mol. The number of nitrogens with one attached hydrogen (secondary N) is 1. The van der Waals surface area contributed by atoms with Crippen molar-refractivity contribution in [3.63, 3.8) is 0 Å². The fourth-order valence-electron chi connectivity index (χ4n) is 1.33. The van der Waals surface area contributed by atoms with E-state index in [0.717, 1.165) is 4.47 Å². The number of sulfone groups is 1. The van der Waals surface area contributed by atoms with E-state index in [-0.39, 0.29) is 12.4 Å². The zero-order valence-corrected chi connectivity index (χ0v) is 13.1. The van der Waals surface area contributed by atoms with Gasteiger partial charge >= 0.3 is 0 Å². The van der Waals surface area contributed by atoms with E-state index < -0.39 is 15.9 Å². The van der Waals surface area contributed by atoms with E-state index in [4.69, 9.17) is 4.74 Å². The molecular formula is C12H18BrNO4S. The summed E-state index contributed by atoms with van der Waals surface area (Å²) in [5.41, 5.74) is 0. The molecule has 2 N–H and O–H groups in total. The first-order valence-corrected chi connectivity index (χ1v) is 8.67. The molecule has 0 heterocycles. The van der Waals surface area contributed by atoms with Crippen LogP contribution < -0.4 is 10.1 Å². The summed E-state index contributed by atoms with van der Waals surface area (Å²) in [5, 5.41) is 12.5. The van der Waals surface area contributed by atoms with Crippen LogP contribution in [0.15, 0.2) is 28.7 Å². The van der Waals surface area contributed by atoms with Crippen LogP contribution in [-0.2, 0) is 9.84 Å². The maximum atomic E-state index is 10.9. The molecule has 0 aliphatic rings. The topological polar surface area (TPSA) is 75.6 Å². The number of hydrogen-bond acceptors (Lipinski definition) is 5. The standard InChI is InChI=1S/C12H18BrNO4S/c1-19(16,17)6-5-14-8-11(15)9-18-12-4-2-3-10(13)7-12/h2-4,7,11,14-15H,5-6,8-9H2,1H3. The van der Waals surface area contributed by atoms with Crippen LogP contribution in [0, 0.1) is 0 Å². The van der Waals surface area contributed by atoms with E-state index in [1.54, 1.807) is 6.07 Å². The molecule has 5 nitrogen and oxygen atoms in total. The fraction of sp³-hybridized carbons (Fsp3) is 0.500. The summed E-state index contributed by atoms with van der Waals surface area (Å²) in [5.74, 6) is 0.733. The van der Waals surface area contributed by atoms with Crippen molar-refractivity contribution >= 4 is 25.8 Å². The van der Waals surface area contributed by atoms with Crippen molar-refractivity contribution in [1.82, 2.24) is 5.32 Å². The predicted octanol–water partition coefficient (Wildman–Crippen LogP) is 0.823. The normalized spacial score (nSPS) is 13.2. The third-order valence-corrected chi connectivity index (χ3v) is 3.71. The van der Waals surface area contributed by atoms with Gasteiger partial charge < -0.3 is 15.2 Å². The van der Waals surface area contributed by atoms with Gasteiger partial charge in [-0.3, -0.25) is 0 Å². The minimum absolute atomic E-state index is 0.0617. The number of benzene rings is 1. The van der Waals surface area contributed by atoms with Gasteiger partial charge in [0.15, 0.2) is 0 Å². The van der Waals surface area contributed by atoms with Gasteiger partial charge in [0.05, 0.1) is 5.75 Å². The van der Waals surface area contributed by atoms with Crippen LogP contribution in [0.5, 0.6) is 5.75 Å². The maximum Gasteiger partial charge on any atom is 0.148 e. The molecule has 0 fully saturated rings. The molecule has 0 bridgehead atoms. The molecule has 1 rings (SSSR count). The molecule has 19 heavy (non-hydrogen) atoms. The molecule has 0 aromatic heterocycles. The minimum atomic E-state index is -2.96. The monoisotopic (exact) mass is 351 g/mol. The van der Waals surface area contributed by atoms with E-state index in [1.807, 2.05) is 18.2 Å². The molecule has 0 aliphatic heterocycles. The van der Waals surface area contributed by atoms with Gasteiger partial charge in [-0.15, -0.1) is 0 Å². The molecule has 0 saturated heterocycles. The number of aliphatic hydroxyl groups excluding tert-OH is 1. The second-order valence-corrected chi connectivity index (χ2v) is 7.43. The van der Waals surface area contributed by atoms with Gasteiger partial charge in [0.1, 0.15) is 28.3 Å². The lowest BCUT2D eigenvalue weighted by Crippen LogP contribution is -2.34. The largest absolute Gasteiger partial charge is 0.491 e. The summed E-state index contributed by atoms with van der Waals surface area (Å²) in [6, 6.07) is 7.34. The Hall–Kier alpha value is -0.630. The number of ether oxygens (including phenoxy) is 1. The van der Waals surface area contributed by atoms with E-state index in [2.05, 4.69) is 21.2 Å². The van der Waals surface area contributed by atoms with E-state index in [1.165, 1.54) is 6.26 Å². The van der Waals surface area contributed by atoms with Crippen LogP contribution in [0.2, 0.25) is 0 Å². The average Bonchev–Trinajstić information content (AvgIpc) is 2.31. The van der Waals surface area contributed by atoms with Crippen LogP contribution in [-0.4, -0.2) is 51.3 Å². The molecule has 0 radical (unpaired) electrons. The van der Waals surface area contributed by atoms with Crippen LogP contribution in [0.3, 0.4) is 0 Å². The molecule has 7 heteroatoms. The highest BCUT2D eigenvalue weighted by Crippen LogP contribution is 2.17. The molecule has 1 aromatic rings. The van der Waals surface area contributed by atoms with E-state index in [0.29, 0.717) is 18.8 Å². The second kappa shape index (κ2) is 7.84. The predicted molar refractivity (Wildman–Crippen MR) is 78.2 cm³/mol. The fourth-order valence-corrected chi connectivity index (χ4v) is 2.23. The first kappa shape index (κ1) is 16.4. The quantitative estimate of drug-likeness (QED) is 0.678. The lowest BCUT2D eigenvalue weighted by molar-refractivity contribution is 0.107. The van der Waals surface area contributed by atoms with Crippen molar-refractivity contribution in [2.75, 3.05) is 31.7 Å². The molecule has 0 spiro atoms. The Morgan fingerprint density at radius 3 is 2.84 bits per heavy atom. The van der Waals surface area contributed by atoms with Crippen LogP contribution in [0.1, 0.15) is 0 Å². The van der Waals surface area contributed by atoms with E-state index in [9.17, 15) is 13.5 Å². The maximum absolute atomic E-state index is 10.9. The highest BCUT2D eigenvalue weighted by molar-refractivity contribution is 9.10. The van der Waals surface area contributed by atoms with Gasteiger partial charge in [-0.1, -0.05) is 22.0 Å². The van der Waals surface area contributed by atoms with Gasteiger partial charge in [-0.25, -0.2) is 8.42 Å². The van der Waals surface area contributed by atoms with Crippen molar-refractivity contribution in [1.29, 1.82) is 0 Å². The number of aliphatic hydroxyl groups is 1. The minimum Gasteiger partial charge on any atom is -0.491 e. The molecule has 1 unspecified atom stereocenters. The van der Waals surface area contributed by atoms with Gasteiger partial charge in [0.25, 0.3) is 0 Å². The highest BCUT2D eigenvalue weighted by atomic mass is 79.9. The summed E-state index contributed by atoms with van der Waals surface area (Å²) in [6.07, 6.45) is 0.500. The third-order valence-electron chi connectivity index (χ3n) is 2.27. The van der Waals surface area contributed by atoms with Crippen LogP contribution in [0.4, 0.5) is 0 Å². The Kier molecular flexibility index (Phi) is 6.78. The lowest BCUT2D eigenvalue weighted by Gasteiger charge is -2.13. The SMILES string of the molecule is CS(=O)(=O)CCNCC(O)COc1cccc(Br)c1. The highest BCUT2D eigenvalue weighted by Gasteiger charge is 2.06. The summed E-state index contributed by atoms with van der Waals surface area (Å²) in [6.45, 7) is 0.776. The van der Waals surface area contributed by atoms with Crippen molar-refractivity contribution in [3.8, 4) is 5.75 Å². The Morgan fingerprint density at radius 1 is 1.47 bits per heavy atom. The van der Waals surface area contributed by atoms with Crippen molar-refractivity contribution in [3.05, 3.63) is 28.7 Å². The lowest BCUT2D eigenvalue weighted by atomic mass is 10.3. The number of halogens is 1. The summed E-state index contributed by atoms with van der Waals surface area (Å²) >= 11 is 3.33. The summed E-state index contributed by atoms with van der Waals surface area (Å²) in [7, 11) is -2.96. The van der Waals surface area contributed by atoms with Gasteiger partial charge in [0.2, 0.25) is 0 Å². The Bertz CT molecular complexity index is 492. The Balaban J connectivity index is 2.19. The second-order valence-electron chi connectivity index (χ2n) is 4.26. The van der Waals surface area contributed by atoms with Crippen molar-refractivity contribution in [2.45, 2.75) is 6.10 Å². The molecule has 1 atom stereocenters. The zero-order valence-electron chi connectivity index (χ0n) is 10.7. The first-order valence-electron chi connectivity index (χ1n) is 5.82. The van der Waals surface area contributed by atoms with Gasteiger partial charge in [-0.05, 0) is 18.2 Å². The number of rotatable bonds is 8. The summed E-state index contributed by atoms with van der Waals surface area (Å²) < 4.78 is 28.1. The van der Waals surface area contributed by atoms with Crippen molar-refractivity contribution < 1.29 is 18.3 Å². The first-order chi connectivity index (χ1) is 8.87. The average molecular weight is 352 g/mol. The zero-order chi connectivity index (χ0) is 14.3. The van der Waals surface area contributed by atoms with Crippen LogP contribution >= 0.6 is 15.9 Å². The molecule has 0 saturated carbocycles. The van der Waals surface area contributed by atoms with Gasteiger partial charge in [-0.2, -0.15) is 0 Å². The Morgan fingerprint density at radius 2 is 2.21 bits per heavy atom. The number of hydrogen-bond donors (Lipinski definition) is 2. The van der Waals surface area contributed by atoms with Crippen LogP contribution in [0.25, 0.3) is 0 Å². The summed E-state index contributed by atoms with van der Waals surface area (Å²) in [4.78, 5) is 0. The van der Waals surface area contributed by atoms with Gasteiger partial charge in [0, 0.05) is 23.8 Å².